The molecule has 0 saturated heterocycles. The number of rotatable bonds is 6. The van der Waals surface area contributed by atoms with Crippen LogP contribution in [0.25, 0.3) is 11.0 Å². The summed E-state index contributed by atoms with van der Waals surface area (Å²) in [5.41, 5.74) is 13.1. The van der Waals surface area contributed by atoms with Gasteiger partial charge in [0.2, 0.25) is 5.62 Å². The number of para-hydroxylation sites is 2. The van der Waals surface area contributed by atoms with Gasteiger partial charge in [-0.15, -0.1) is 4.99 Å². The van der Waals surface area contributed by atoms with Gasteiger partial charge in [0.1, 0.15) is 0 Å². The molecule has 1 atom stereocenters. The minimum Gasteiger partial charge on any atom is -0.463 e. The zero-order valence-electron chi connectivity index (χ0n) is 18.4. The van der Waals surface area contributed by atoms with E-state index in [0.717, 1.165) is 22.2 Å². The molecule has 0 aliphatic heterocycles. The third-order valence-corrected chi connectivity index (χ3v) is 5.78. The Kier molecular flexibility index (Phi) is 6.23. The first-order chi connectivity index (χ1) is 15.5. The van der Waals surface area contributed by atoms with Gasteiger partial charge in [-0.25, -0.2) is 4.79 Å². The van der Waals surface area contributed by atoms with Crippen LogP contribution in [-0.2, 0) is 13.0 Å². The summed E-state index contributed by atoms with van der Waals surface area (Å²) in [5, 5.41) is 9.59. The Labute approximate surface area is 187 Å². The van der Waals surface area contributed by atoms with Crippen LogP contribution < -0.4 is 11.4 Å². The maximum Gasteiger partial charge on any atom is 0.434 e. The van der Waals surface area contributed by atoms with Crippen molar-refractivity contribution < 1.29 is 9.90 Å². The number of nitrogens with zero attached hydrogens (tertiary/aromatic N) is 3. The number of carboxylic acid groups (broad SMARTS) is 1. The fourth-order valence-electron chi connectivity index (χ4n) is 4.11. The van der Waals surface area contributed by atoms with Crippen molar-refractivity contribution in [2.24, 2.45) is 10.7 Å². The van der Waals surface area contributed by atoms with Crippen molar-refractivity contribution in [2.45, 2.75) is 32.9 Å². The molecule has 0 aliphatic carbocycles. The lowest BCUT2D eigenvalue weighted by Crippen LogP contribution is -2.34. The molecule has 1 amide bonds. The number of aryl methyl sites for hydroxylation is 2. The predicted octanol–water partition coefficient (Wildman–Crippen LogP) is 4.43. The van der Waals surface area contributed by atoms with Crippen molar-refractivity contribution in [3.63, 3.8) is 0 Å². The second kappa shape index (κ2) is 9.24. The van der Waals surface area contributed by atoms with Crippen LogP contribution >= 0.6 is 0 Å². The molecule has 32 heavy (non-hydrogen) atoms. The van der Waals surface area contributed by atoms with E-state index >= 15 is 0 Å². The number of nitrogens with two attached hydrogens (primary N) is 1. The first-order valence-corrected chi connectivity index (χ1v) is 10.7. The topological polar surface area (TPSA) is 85.5 Å². The smallest absolute Gasteiger partial charge is 0.434 e. The van der Waals surface area contributed by atoms with E-state index in [1.165, 1.54) is 11.1 Å². The average Bonchev–Trinajstić information content (AvgIpc) is 3.07. The number of imidazole rings is 1. The highest BCUT2D eigenvalue weighted by molar-refractivity contribution is 5.77. The van der Waals surface area contributed by atoms with Crippen molar-refractivity contribution >= 4 is 17.1 Å². The molecule has 0 unspecified atom stereocenters. The first kappa shape index (κ1) is 21.6. The Bertz CT molecular complexity index is 1300. The maximum atomic E-state index is 11.7. The lowest BCUT2D eigenvalue weighted by Gasteiger charge is -2.18. The van der Waals surface area contributed by atoms with Crippen LogP contribution in [0.4, 0.5) is 4.79 Å². The van der Waals surface area contributed by atoms with Crippen molar-refractivity contribution in [3.8, 4) is 0 Å². The molecule has 1 heterocycles. The Balaban J connectivity index is 1.89. The summed E-state index contributed by atoms with van der Waals surface area (Å²) in [7, 11) is 0. The fourth-order valence-corrected chi connectivity index (χ4v) is 4.11. The summed E-state index contributed by atoms with van der Waals surface area (Å²) >= 11 is 0. The Hall–Kier alpha value is -3.64. The molecule has 3 aromatic carbocycles. The van der Waals surface area contributed by atoms with Gasteiger partial charge in [-0.2, -0.15) is 0 Å². The molecule has 164 valence electrons. The van der Waals surface area contributed by atoms with Crippen LogP contribution in [0.2, 0.25) is 0 Å². The summed E-state index contributed by atoms with van der Waals surface area (Å²) in [4.78, 5) is 15.8. The van der Waals surface area contributed by atoms with Gasteiger partial charge in [0.15, 0.2) is 0 Å². The second-order valence-corrected chi connectivity index (χ2v) is 8.20. The summed E-state index contributed by atoms with van der Waals surface area (Å²) < 4.78 is 3.95. The average molecular weight is 429 g/mol. The maximum absolute atomic E-state index is 11.7. The van der Waals surface area contributed by atoms with E-state index < -0.39 is 6.09 Å². The largest absolute Gasteiger partial charge is 0.463 e. The van der Waals surface area contributed by atoms with Crippen LogP contribution in [0.15, 0.2) is 77.8 Å². The van der Waals surface area contributed by atoms with E-state index in [4.69, 9.17) is 5.73 Å². The Morgan fingerprint density at radius 3 is 2.03 bits per heavy atom. The molecule has 0 spiro atoms. The molecule has 0 saturated carbocycles. The quantitative estimate of drug-likeness (QED) is 0.476. The van der Waals surface area contributed by atoms with Gasteiger partial charge >= 0.3 is 6.09 Å². The summed E-state index contributed by atoms with van der Waals surface area (Å²) in [5.74, 6) is 0. The molecule has 0 radical (unpaired) electrons. The standard InChI is InChI=1S/C26H28N4O2/c1-18-7-11-20(12-8-18)15-22(16-27)30-24-6-4-3-5-23(24)29(25(30)28-26(31)32)17-21-13-9-19(2)10-14-21/h3-14,22H,15-17,27H2,1-2H3,(H,31,32)/b28-25+/t22-/m0/s1. The highest BCUT2D eigenvalue weighted by Crippen LogP contribution is 2.21. The number of carbonyl (C=O) groups is 1. The molecule has 0 aliphatic rings. The molecule has 0 bridgehead atoms. The van der Waals surface area contributed by atoms with Crippen LogP contribution in [0, 0.1) is 13.8 Å². The van der Waals surface area contributed by atoms with Gasteiger partial charge in [0, 0.05) is 6.54 Å². The van der Waals surface area contributed by atoms with Crippen molar-refractivity contribution in [3.05, 3.63) is 101 Å². The van der Waals surface area contributed by atoms with Gasteiger partial charge < -0.3 is 20.0 Å². The predicted molar refractivity (Wildman–Crippen MR) is 127 cm³/mol. The van der Waals surface area contributed by atoms with Crippen molar-refractivity contribution in [1.29, 1.82) is 0 Å². The Morgan fingerprint density at radius 1 is 0.906 bits per heavy atom. The third kappa shape index (κ3) is 4.50. The fraction of sp³-hybridized carbons (Fsp3) is 0.231. The molecular formula is C26H28N4O2. The summed E-state index contributed by atoms with van der Waals surface area (Å²) in [6.07, 6.45) is -0.542. The molecule has 4 rings (SSSR count). The third-order valence-electron chi connectivity index (χ3n) is 5.78. The molecule has 6 nitrogen and oxygen atoms in total. The van der Waals surface area contributed by atoms with Crippen LogP contribution in [0.5, 0.6) is 0 Å². The lowest BCUT2D eigenvalue weighted by molar-refractivity contribution is 0.204. The number of aromatic nitrogens is 2. The second-order valence-electron chi connectivity index (χ2n) is 8.20. The summed E-state index contributed by atoms with van der Waals surface area (Å²) in [6, 6.07) is 24.4. The molecule has 3 N–H and O–H groups in total. The van der Waals surface area contributed by atoms with E-state index in [2.05, 4.69) is 60.4 Å². The van der Waals surface area contributed by atoms with Crippen molar-refractivity contribution in [1.82, 2.24) is 9.13 Å². The number of hydrogen-bond acceptors (Lipinski definition) is 2. The van der Waals surface area contributed by atoms with Crippen LogP contribution in [0.1, 0.15) is 28.3 Å². The van der Waals surface area contributed by atoms with Gasteiger partial charge in [-0.05, 0) is 43.5 Å². The van der Waals surface area contributed by atoms with E-state index in [-0.39, 0.29) is 6.04 Å². The summed E-state index contributed by atoms with van der Waals surface area (Å²) in [6.45, 7) is 4.98. The monoisotopic (exact) mass is 428 g/mol. The molecular weight excluding hydrogens is 400 g/mol. The zero-order chi connectivity index (χ0) is 22.7. The zero-order valence-corrected chi connectivity index (χ0v) is 18.4. The number of amides is 1. The molecule has 0 fully saturated rings. The van der Waals surface area contributed by atoms with Gasteiger partial charge in [0.25, 0.3) is 0 Å². The first-order valence-electron chi connectivity index (χ1n) is 10.7. The number of hydrogen-bond donors (Lipinski definition) is 2. The molecule has 1 aromatic heterocycles. The van der Waals surface area contributed by atoms with E-state index in [9.17, 15) is 9.90 Å². The highest BCUT2D eigenvalue weighted by atomic mass is 16.4. The van der Waals surface area contributed by atoms with Gasteiger partial charge in [0.05, 0.1) is 23.6 Å². The normalized spacial score (nSPS) is 12.9. The van der Waals surface area contributed by atoms with Gasteiger partial charge in [-0.1, -0.05) is 71.8 Å². The Morgan fingerprint density at radius 2 is 1.47 bits per heavy atom. The SMILES string of the molecule is Cc1ccc(C[C@@H](CN)n2/c(=N/C(=O)O)n(Cc3ccc(C)cc3)c3ccccc32)cc1. The lowest BCUT2D eigenvalue weighted by atomic mass is 10.0. The molecule has 6 heteroatoms. The van der Waals surface area contributed by atoms with E-state index in [1.807, 2.05) is 40.3 Å². The number of benzene rings is 3. The minimum absolute atomic E-state index is 0.139. The van der Waals surface area contributed by atoms with E-state index in [0.29, 0.717) is 25.1 Å². The minimum atomic E-state index is -1.22. The van der Waals surface area contributed by atoms with Gasteiger partial charge in [-0.3, -0.25) is 0 Å². The highest BCUT2D eigenvalue weighted by Gasteiger charge is 2.20. The molecule has 4 aromatic rings. The van der Waals surface area contributed by atoms with Crippen molar-refractivity contribution in [2.75, 3.05) is 6.54 Å². The number of fused-ring (bicyclic) bond motifs is 1. The van der Waals surface area contributed by atoms with E-state index in [1.54, 1.807) is 0 Å². The van der Waals surface area contributed by atoms with Crippen LogP contribution in [0.3, 0.4) is 0 Å². The van der Waals surface area contributed by atoms with Crippen LogP contribution in [-0.4, -0.2) is 26.9 Å².